The van der Waals surface area contributed by atoms with Crippen molar-refractivity contribution in [1.82, 2.24) is 14.2 Å². The highest BCUT2D eigenvalue weighted by molar-refractivity contribution is 9.10. The molecule has 36 heavy (non-hydrogen) atoms. The van der Waals surface area contributed by atoms with Crippen molar-refractivity contribution < 1.29 is 17.9 Å². The fraction of sp³-hybridized carbons (Fsp3) is 0.280. The van der Waals surface area contributed by atoms with Gasteiger partial charge in [-0.3, -0.25) is 9.78 Å². The second-order valence-electron chi connectivity index (χ2n) is 8.34. The Morgan fingerprint density at radius 1 is 1.19 bits per heavy atom. The van der Waals surface area contributed by atoms with Crippen LogP contribution in [0.4, 0.5) is 0 Å². The van der Waals surface area contributed by atoms with E-state index in [-0.39, 0.29) is 36.1 Å². The highest BCUT2D eigenvalue weighted by Crippen LogP contribution is 2.35. The SMILES string of the molecule is CCOc1ccc(Br)cc1S(=O)(=O)N1Cc2ccccc2CC1C(=O)N(C)Cc1ncc(Cl)cc1Cl. The predicted molar refractivity (Wildman–Crippen MR) is 143 cm³/mol. The number of carbonyl (C=O) groups excluding carboxylic acids is 1. The van der Waals surface area contributed by atoms with E-state index >= 15 is 0 Å². The van der Waals surface area contributed by atoms with Crippen molar-refractivity contribution >= 4 is 55.1 Å². The molecule has 4 rings (SSSR count). The molecule has 0 bridgehead atoms. The third-order valence-electron chi connectivity index (χ3n) is 5.93. The molecule has 1 aliphatic rings. The molecule has 0 fully saturated rings. The number of hydrogen-bond donors (Lipinski definition) is 0. The van der Waals surface area contributed by atoms with Crippen LogP contribution >= 0.6 is 39.1 Å². The minimum atomic E-state index is -4.12. The molecule has 190 valence electrons. The standard InChI is InChI=1S/C25H24BrCl2N3O4S/c1-3-35-23-9-8-18(26)11-24(23)36(33,34)31-14-17-7-5-4-6-16(17)10-22(31)25(32)30(2)15-21-20(28)12-19(27)13-29-21/h4-9,11-13,22H,3,10,14-15H2,1-2H3. The van der Waals surface area contributed by atoms with E-state index in [0.717, 1.165) is 11.1 Å². The molecule has 1 unspecified atom stereocenters. The number of sulfonamides is 1. The molecule has 2 heterocycles. The molecule has 1 amide bonds. The van der Waals surface area contributed by atoms with Crippen LogP contribution in [0, 0.1) is 0 Å². The molecule has 0 saturated carbocycles. The summed E-state index contributed by atoms with van der Waals surface area (Å²) in [6, 6.07) is 13.0. The zero-order valence-electron chi connectivity index (χ0n) is 19.6. The summed E-state index contributed by atoms with van der Waals surface area (Å²) < 4.78 is 35.6. The second kappa shape index (κ2) is 11.1. The number of aromatic nitrogens is 1. The van der Waals surface area contributed by atoms with Crippen LogP contribution in [0.15, 0.2) is 64.1 Å². The van der Waals surface area contributed by atoms with Gasteiger partial charge < -0.3 is 9.64 Å². The van der Waals surface area contributed by atoms with Crippen LogP contribution in [0.1, 0.15) is 23.7 Å². The number of rotatable bonds is 7. The van der Waals surface area contributed by atoms with Gasteiger partial charge in [0.1, 0.15) is 16.7 Å². The van der Waals surface area contributed by atoms with E-state index in [4.69, 9.17) is 27.9 Å². The van der Waals surface area contributed by atoms with Crippen molar-refractivity contribution in [3.63, 3.8) is 0 Å². The van der Waals surface area contributed by atoms with Gasteiger partial charge in [0.15, 0.2) is 0 Å². The molecule has 0 spiro atoms. The van der Waals surface area contributed by atoms with Crippen LogP contribution < -0.4 is 4.74 Å². The number of hydrogen-bond acceptors (Lipinski definition) is 5. The summed E-state index contributed by atoms with van der Waals surface area (Å²) in [5, 5.41) is 0.717. The first-order valence-electron chi connectivity index (χ1n) is 11.2. The quantitative estimate of drug-likeness (QED) is 0.361. The normalized spacial score (nSPS) is 15.9. The monoisotopic (exact) mass is 611 g/mol. The number of halogens is 3. The summed E-state index contributed by atoms with van der Waals surface area (Å²) in [5.41, 5.74) is 2.24. The number of benzene rings is 2. The van der Waals surface area contributed by atoms with Crippen LogP contribution in [-0.2, 0) is 34.3 Å². The molecule has 1 aromatic heterocycles. The Kier molecular flexibility index (Phi) is 8.26. The largest absolute Gasteiger partial charge is 0.492 e. The Morgan fingerprint density at radius 2 is 1.92 bits per heavy atom. The van der Waals surface area contributed by atoms with Gasteiger partial charge in [-0.15, -0.1) is 0 Å². The zero-order chi connectivity index (χ0) is 26.0. The lowest BCUT2D eigenvalue weighted by molar-refractivity contribution is -0.135. The van der Waals surface area contributed by atoms with Crippen molar-refractivity contribution in [2.24, 2.45) is 0 Å². The molecule has 11 heteroatoms. The van der Waals surface area contributed by atoms with Crippen molar-refractivity contribution in [3.05, 3.63) is 86.1 Å². The lowest BCUT2D eigenvalue weighted by Gasteiger charge is -2.37. The molecule has 7 nitrogen and oxygen atoms in total. The minimum Gasteiger partial charge on any atom is -0.492 e. The highest BCUT2D eigenvalue weighted by atomic mass is 79.9. The van der Waals surface area contributed by atoms with E-state index in [1.807, 2.05) is 24.3 Å². The van der Waals surface area contributed by atoms with Crippen LogP contribution in [0.25, 0.3) is 0 Å². The van der Waals surface area contributed by atoms with E-state index < -0.39 is 16.1 Å². The smallest absolute Gasteiger partial charge is 0.247 e. The number of amides is 1. The molecule has 0 saturated heterocycles. The van der Waals surface area contributed by atoms with Crippen molar-refractivity contribution in [1.29, 1.82) is 0 Å². The number of fused-ring (bicyclic) bond motifs is 1. The Bertz CT molecular complexity index is 1400. The van der Waals surface area contributed by atoms with Gasteiger partial charge in [-0.05, 0) is 48.7 Å². The number of carbonyl (C=O) groups is 1. The lowest BCUT2D eigenvalue weighted by atomic mass is 9.95. The Balaban J connectivity index is 1.73. The molecule has 1 atom stereocenters. The number of likely N-dealkylation sites (N-methyl/N-ethyl adjacent to an activating group) is 1. The first kappa shape index (κ1) is 26.9. The third-order valence-corrected chi connectivity index (χ3v) is 8.83. The fourth-order valence-electron chi connectivity index (χ4n) is 4.16. The maximum Gasteiger partial charge on any atom is 0.247 e. The van der Waals surface area contributed by atoms with Gasteiger partial charge in [-0.2, -0.15) is 4.31 Å². The maximum atomic E-state index is 14.0. The first-order valence-corrected chi connectivity index (χ1v) is 14.2. The van der Waals surface area contributed by atoms with Gasteiger partial charge in [0.05, 0.1) is 28.9 Å². The summed E-state index contributed by atoms with van der Waals surface area (Å²) >= 11 is 15.6. The molecule has 1 aliphatic heterocycles. The fourth-order valence-corrected chi connectivity index (χ4v) is 6.83. The summed E-state index contributed by atoms with van der Waals surface area (Å²) in [5.74, 6) is -0.134. The Labute approximate surface area is 229 Å². The van der Waals surface area contributed by atoms with Crippen molar-refractivity contribution in [2.45, 2.75) is 37.4 Å². The van der Waals surface area contributed by atoms with Crippen LogP contribution in [-0.4, -0.2) is 48.2 Å². The number of nitrogens with zero attached hydrogens (tertiary/aromatic N) is 3. The van der Waals surface area contributed by atoms with Crippen LogP contribution in [0.3, 0.4) is 0 Å². The average Bonchev–Trinajstić information content (AvgIpc) is 2.85. The molecule has 2 aromatic carbocycles. The van der Waals surface area contributed by atoms with E-state index in [0.29, 0.717) is 26.8 Å². The number of ether oxygens (including phenoxy) is 1. The minimum absolute atomic E-state index is 0.000900. The van der Waals surface area contributed by atoms with Gasteiger partial charge in [0.2, 0.25) is 15.9 Å². The van der Waals surface area contributed by atoms with Crippen molar-refractivity contribution in [3.8, 4) is 5.75 Å². The van der Waals surface area contributed by atoms with Crippen LogP contribution in [0.2, 0.25) is 10.0 Å². The van der Waals surface area contributed by atoms with Gasteiger partial charge in [0.25, 0.3) is 0 Å². The van der Waals surface area contributed by atoms with E-state index in [1.165, 1.54) is 21.5 Å². The molecule has 0 N–H and O–H groups in total. The topological polar surface area (TPSA) is 79.8 Å². The second-order valence-corrected chi connectivity index (χ2v) is 12.0. The molecule has 0 aliphatic carbocycles. The van der Waals surface area contributed by atoms with Gasteiger partial charge in [-0.25, -0.2) is 8.42 Å². The molecule has 3 aromatic rings. The van der Waals surface area contributed by atoms with Crippen LogP contribution in [0.5, 0.6) is 5.75 Å². The van der Waals surface area contributed by atoms with Crippen molar-refractivity contribution in [2.75, 3.05) is 13.7 Å². The van der Waals surface area contributed by atoms with Gasteiger partial charge in [-0.1, -0.05) is 63.4 Å². The first-order chi connectivity index (χ1) is 17.1. The highest BCUT2D eigenvalue weighted by Gasteiger charge is 2.42. The third kappa shape index (κ3) is 5.55. The summed E-state index contributed by atoms with van der Waals surface area (Å²) in [6.45, 7) is 2.24. The Morgan fingerprint density at radius 3 is 2.61 bits per heavy atom. The van der Waals surface area contributed by atoms with Gasteiger partial charge >= 0.3 is 0 Å². The zero-order valence-corrected chi connectivity index (χ0v) is 23.5. The summed E-state index contributed by atoms with van der Waals surface area (Å²) in [4.78, 5) is 19.4. The van der Waals surface area contributed by atoms with E-state index in [1.54, 1.807) is 32.2 Å². The number of pyridine rings is 1. The lowest BCUT2D eigenvalue weighted by Crippen LogP contribution is -2.52. The average molecular weight is 613 g/mol. The summed E-state index contributed by atoms with van der Waals surface area (Å²) in [6.07, 6.45) is 1.69. The molecular formula is C25H24BrCl2N3O4S. The van der Waals surface area contributed by atoms with E-state index in [2.05, 4.69) is 20.9 Å². The summed E-state index contributed by atoms with van der Waals surface area (Å²) in [7, 11) is -2.52. The molecular weight excluding hydrogens is 589 g/mol. The van der Waals surface area contributed by atoms with Gasteiger partial charge in [0, 0.05) is 24.3 Å². The Hall–Kier alpha value is -2.17. The van der Waals surface area contributed by atoms with E-state index in [9.17, 15) is 13.2 Å². The molecule has 0 radical (unpaired) electrons. The predicted octanol–water partition coefficient (Wildman–Crippen LogP) is 5.32. The maximum absolute atomic E-state index is 14.0.